The Morgan fingerprint density at radius 1 is 0.939 bits per heavy atom. The van der Waals surface area contributed by atoms with Gasteiger partial charge in [0.05, 0.1) is 0 Å². The predicted octanol–water partition coefficient (Wildman–Crippen LogP) is 4.28. The Morgan fingerprint density at radius 3 is 2.36 bits per heavy atom. The normalized spacial score (nSPS) is 17.6. The number of aryl methyl sites for hydroxylation is 1. The lowest BCUT2D eigenvalue weighted by atomic mass is 9.89. The summed E-state index contributed by atoms with van der Waals surface area (Å²) < 4.78 is 12.2. The molecule has 0 amide bonds. The number of ether oxygens (including phenoxy) is 2. The first-order valence-electron chi connectivity index (χ1n) is 11.6. The van der Waals surface area contributed by atoms with E-state index >= 15 is 0 Å². The van der Waals surface area contributed by atoms with Crippen LogP contribution in [0.5, 0.6) is 11.5 Å². The summed E-state index contributed by atoms with van der Waals surface area (Å²) in [7, 11) is 0. The van der Waals surface area contributed by atoms with E-state index in [0.29, 0.717) is 6.61 Å². The van der Waals surface area contributed by atoms with E-state index in [1.54, 1.807) is 0 Å². The fourth-order valence-corrected chi connectivity index (χ4v) is 4.22. The summed E-state index contributed by atoms with van der Waals surface area (Å²) in [4.78, 5) is 18.2. The number of hydrogen-bond acceptors (Lipinski definition) is 5. The van der Waals surface area contributed by atoms with Crippen LogP contribution in [0.4, 0.5) is 0 Å². The van der Waals surface area contributed by atoms with E-state index in [9.17, 15) is 0 Å². The van der Waals surface area contributed by atoms with Gasteiger partial charge in [-0.3, -0.25) is 0 Å². The third-order valence-electron chi connectivity index (χ3n) is 6.03. The van der Waals surface area contributed by atoms with E-state index in [2.05, 4.69) is 35.6 Å². The SMILES string of the molecule is O=C(O)C(=O)O.c1ccc(COc2ccc3c(c2)OC(CNCC2CCCCC2)CC3)cc1. The van der Waals surface area contributed by atoms with Gasteiger partial charge in [-0.1, -0.05) is 55.7 Å². The van der Waals surface area contributed by atoms with Crippen molar-refractivity contribution in [3.05, 3.63) is 59.7 Å². The van der Waals surface area contributed by atoms with Crippen LogP contribution in [0.2, 0.25) is 0 Å². The molecule has 7 heteroatoms. The number of hydrogen-bond donors (Lipinski definition) is 3. The van der Waals surface area contributed by atoms with Crippen molar-refractivity contribution in [3.8, 4) is 11.5 Å². The van der Waals surface area contributed by atoms with Crippen molar-refractivity contribution >= 4 is 11.9 Å². The maximum absolute atomic E-state index is 9.10. The molecule has 1 saturated carbocycles. The van der Waals surface area contributed by atoms with E-state index in [1.165, 1.54) is 43.2 Å². The van der Waals surface area contributed by atoms with E-state index < -0.39 is 11.9 Å². The average molecular weight is 456 g/mol. The second-order valence-corrected chi connectivity index (χ2v) is 8.59. The minimum atomic E-state index is -1.82. The van der Waals surface area contributed by atoms with Crippen LogP contribution in [-0.2, 0) is 22.6 Å². The molecule has 2 aromatic carbocycles. The van der Waals surface area contributed by atoms with E-state index in [1.807, 2.05) is 18.2 Å². The zero-order chi connectivity index (χ0) is 23.5. The van der Waals surface area contributed by atoms with Crippen LogP contribution in [0.15, 0.2) is 48.5 Å². The fraction of sp³-hybridized carbons (Fsp3) is 0.462. The van der Waals surface area contributed by atoms with Crippen LogP contribution in [-0.4, -0.2) is 41.3 Å². The molecule has 0 bridgehead atoms. The Hall–Kier alpha value is -3.06. The fourth-order valence-electron chi connectivity index (χ4n) is 4.22. The third kappa shape index (κ3) is 8.42. The second kappa shape index (κ2) is 12.8. The summed E-state index contributed by atoms with van der Waals surface area (Å²) >= 11 is 0. The van der Waals surface area contributed by atoms with E-state index in [-0.39, 0.29) is 6.10 Å². The third-order valence-corrected chi connectivity index (χ3v) is 6.03. The van der Waals surface area contributed by atoms with Crippen LogP contribution < -0.4 is 14.8 Å². The molecule has 0 spiro atoms. The summed E-state index contributed by atoms with van der Waals surface area (Å²) in [5.41, 5.74) is 2.48. The van der Waals surface area contributed by atoms with Gasteiger partial charge in [0, 0.05) is 12.6 Å². The molecule has 4 rings (SSSR count). The zero-order valence-corrected chi connectivity index (χ0v) is 18.9. The van der Waals surface area contributed by atoms with Crippen molar-refractivity contribution < 1.29 is 29.3 Å². The Balaban J connectivity index is 0.000000454. The lowest BCUT2D eigenvalue weighted by Gasteiger charge is -2.28. The number of benzene rings is 2. The highest BCUT2D eigenvalue weighted by molar-refractivity contribution is 6.27. The Bertz CT molecular complexity index is 883. The molecule has 1 aliphatic heterocycles. The monoisotopic (exact) mass is 455 g/mol. The molecule has 1 unspecified atom stereocenters. The molecule has 33 heavy (non-hydrogen) atoms. The van der Waals surface area contributed by atoms with Crippen LogP contribution >= 0.6 is 0 Å². The van der Waals surface area contributed by atoms with Gasteiger partial charge < -0.3 is 25.0 Å². The summed E-state index contributed by atoms with van der Waals surface area (Å²) in [5.74, 6) is -0.901. The summed E-state index contributed by atoms with van der Waals surface area (Å²) in [5, 5.41) is 18.4. The Labute approximate surface area is 194 Å². The molecule has 1 atom stereocenters. The van der Waals surface area contributed by atoms with Crippen molar-refractivity contribution in [2.75, 3.05) is 13.1 Å². The molecule has 2 aromatic rings. The smallest absolute Gasteiger partial charge is 0.414 e. The average Bonchev–Trinajstić information content (AvgIpc) is 2.84. The minimum Gasteiger partial charge on any atom is -0.489 e. The molecular formula is C26H33NO6. The number of carboxylic acid groups (broad SMARTS) is 2. The van der Waals surface area contributed by atoms with Crippen molar-refractivity contribution in [2.45, 2.75) is 57.7 Å². The largest absolute Gasteiger partial charge is 0.489 e. The van der Waals surface area contributed by atoms with Gasteiger partial charge in [-0.15, -0.1) is 0 Å². The second-order valence-electron chi connectivity index (χ2n) is 8.59. The summed E-state index contributed by atoms with van der Waals surface area (Å²) in [6.07, 6.45) is 9.47. The summed E-state index contributed by atoms with van der Waals surface area (Å²) in [6.45, 7) is 2.68. The van der Waals surface area contributed by atoms with Crippen molar-refractivity contribution in [1.29, 1.82) is 0 Å². The quantitative estimate of drug-likeness (QED) is 0.535. The molecule has 0 radical (unpaired) electrons. The van der Waals surface area contributed by atoms with Gasteiger partial charge in [-0.25, -0.2) is 9.59 Å². The maximum atomic E-state index is 9.10. The van der Waals surface area contributed by atoms with Gasteiger partial charge in [0.2, 0.25) is 0 Å². The van der Waals surface area contributed by atoms with Crippen LogP contribution in [0, 0.1) is 5.92 Å². The van der Waals surface area contributed by atoms with Gasteiger partial charge in [-0.2, -0.15) is 0 Å². The lowest BCUT2D eigenvalue weighted by molar-refractivity contribution is -0.159. The Kier molecular flexibility index (Phi) is 9.57. The van der Waals surface area contributed by atoms with Gasteiger partial charge >= 0.3 is 11.9 Å². The van der Waals surface area contributed by atoms with Gasteiger partial charge in [0.1, 0.15) is 24.2 Å². The number of rotatable bonds is 7. The number of fused-ring (bicyclic) bond motifs is 1. The maximum Gasteiger partial charge on any atom is 0.414 e. The van der Waals surface area contributed by atoms with Crippen molar-refractivity contribution in [2.24, 2.45) is 5.92 Å². The number of carboxylic acids is 2. The molecule has 2 aliphatic rings. The molecule has 178 valence electrons. The highest BCUT2D eigenvalue weighted by atomic mass is 16.5. The molecule has 0 aromatic heterocycles. The molecule has 1 heterocycles. The molecule has 3 N–H and O–H groups in total. The van der Waals surface area contributed by atoms with Crippen LogP contribution in [0.3, 0.4) is 0 Å². The lowest BCUT2D eigenvalue weighted by Crippen LogP contribution is -2.36. The highest BCUT2D eigenvalue weighted by Crippen LogP contribution is 2.31. The highest BCUT2D eigenvalue weighted by Gasteiger charge is 2.21. The predicted molar refractivity (Wildman–Crippen MR) is 125 cm³/mol. The topological polar surface area (TPSA) is 105 Å². The van der Waals surface area contributed by atoms with Crippen LogP contribution in [0.1, 0.15) is 49.7 Å². The van der Waals surface area contributed by atoms with Gasteiger partial charge in [-0.05, 0) is 55.3 Å². The zero-order valence-electron chi connectivity index (χ0n) is 18.9. The first kappa shape index (κ1) is 24.6. The summed E-state index contributed by atoms with van der Waals surface area (Å²) in [6, 6.07) is 16.6. The molecule has 1 fully saturated rings. The standard InChI is InChI=1S/C24H31NO2.C2H2O4/c1-3-7-19(8-4-1)16-25-17-23-14-12-21-11-13-22(15-24(21)27-23)26-18-20-9-5-2-6-10-20;3-1(4)2(5)6/h2,5-6,9-11,13,15,19,23,25H,1,3-4,7-8,12,14,16-18H2;(H,3,4)(H,5,6). The van der Waals surface area contributed by atoms with Crippen molar-refractivity contribution in [3.63, 3.8) is 0 Å². The van der Waals surface area contributed by atoms with Crippen molar-refractivity contribution in [1.82, 2.24) is 5.32 Å². The molecular weight excluding hydrogens is 422 g/mol. The number of aliphatic carboxylic acids is 2. The minimum absolute atomic E-state index is 0.269. The van der Waals surface area contributed by atoms with E-state index in [0.717, 1.165) is 43.3 Å². The van der Waals surface area contributed by atoms with Gasteiger partial charge in [0.25, 0.3) is 0 Å². The molecule has 0 saturated heterocycles. The number of carbonyl (C=O) groups is 2. The van der Waals surface area contributed by atoms with E-state index in [4.69, 9.17) is 29.3 Å². The molecule has 7 nitrogen and oxygen atoms in total. The Morgan fingerprint density at radius 2 is 1.67 bits per heavy atom. The molecule has 1 aliphatic carbocycles. The first-order valence-corrected chi connectivity index (χ1v) is 11.6. The first-order chi connectivity index (χ1) is 16.0. The van der Waals surface area contributed by atoms with Crippen LogP contribution in [0.25, 0.3) is 0 Å². The number of nitrogens with one attached hydrogen (secondary N) is 1. The van der Waals surface area contributed by atoms with Gasteiger partial charge in [0.15, 0.2) is 0 Å².